The van der Waals surface area contributed by atoms with Crippen molar-refractivity contribution in [2.45, 2.75) is 32.7 Å². The largest absolute Gasteiger partial charge is 0.478 e. The van der Waals surface area contributed by atoms with Gasteiger partial charge in [0.1, 0.15) is 11.4 Å². The number of hydrogen-bond acceptors (Lipinski definition) is 3. The van der Waals surface area contributed by atoms with E-state index in [1.165, 1.54) is 0 Å². The smallest absolute Gasteiger partial charge is 0.339 e. The van der Waals surface area contributed by atoms with Gasteiger partial charge < -0.3 is 10.0 Å². The molecule has 0 aliphatic rings. The van der Waals surface area contributed by atoms with Crippen LogP contribution in [0, 0.1) is 0 Å². The second-order valence-corrected chi connectivity index (χ2v) is 4.40. The fourth-order valence-electron chi connectivity index (χ4n) is 1.36. The summed E-state index contributed by atoms with van der Waals surface area (Å²) in [5, 5.41) is 9.09. The van der Waals surface area contributed by atoms with E-state index in [0.29, 0.717) is 5.82 Å². The molecular formula is C12H18N2O2. The molecule has 0 saturated heterocycles. The third kappa shape index (κ3) is 2.32. The van der Waals surface area contributed by atoms with E-state index in [9.17, 15) is 4.79 Å². The van der Waals surface area contributed by atoms with Crippen molar-refractivity contribution in [3.8, 4) is 0 Å². The van der Waals surface area contributed by atoms with Crippen LogP contribution in [0.3, 0.4) is 0 Å². The summed E-state index contributed by atoms with van der Waals surface area (Å²) in [5.41, 5.74) is 0.130. The SMILES string of the molecule is CCC(C)(C)N(C)c1ncccc1C(=O)O. The Morgan fingerprint density at radius 3 is 2.69 bits per heavy atom. The van der Waals surface area contributed by atoms with Gasteiger partial charge in [-0.15, -0.1) is 0 Å². The molecule has 0 aliphatic carbocycles. The van der Waals surface area contributed by atoms with Gasteiger partial charge in [0, 0.05) is 18.8 Å². The molecule has 1 N–H and O–H groups in total. The number of carboxylic acids is 1. The first-order valence-corrected chi connectivity index (χ1v) is 5.32. The first-order chi connectivity index (χ1) is 7.40. The zero-order valence-electron chi connectivity index (χ0n) is 10.2. The van der Waals surface area contributed by atoms with Gasteiger partial charge >= 0.3 is 5.97 Å². The molecule has 0 saturated carbocycles. The van der Waals surface area contributed by atoms with E-state index in [1.807, 2.05) is 11.9 Å². The molecule has 88 valence electrons. The number of nitrogens with zero attached hydrogens (tertiary/aromatic N) is 2. The number of carboxylic acid groups (broad SMARTS) is 1. The van der Waals surface area contributed by atoms with Crippen molar-refractivity contribution in [1.82, 2.24) is 4.98 Å². The van der Waals surface area contributed by atoms with Gasteiger partial charge in [-0.2, -0.15) is 0 Å². The molecule has 0 fully saturated rings. The number of hydrogen-bond donors (Lipinski definition) is 1. The normalized spacial score (nSPS) is 11.2. The van der Waals surface area contributed by atoms with E-state index < -0.39 is 5.97 Å². The van der Waals surface area contributed by atoms with E-state index in [-0.39, 0.29) is 11.1 Å². The quantitative estimate of drug-likeness (QED) is 0.850. The van der Waals surface area contributed by atoms with E-state index in [1.54, 1.807) is 18.3 Å². The van der Waals surface area contributed by atoms with Crippen LogP contribution in [0.2, 0.25) is 0 Å². The van der Waals surface area contributed by atoms with Gasteiger partial charge in [0.05, 0.1) is 0 Å². The van der Waals surface area contributed by atoms with Gasteiger partial charge in [0.15, 0.2) is 0 Å². The highest BCUT2D eigenvalue weighted by Crippen LogP contribution is 2.25. The lowest BCUT2D eigenvalue weighted by Crippen LogP contribution is -2.41. The molecule has 1 aromatic heterocycles. The molecule has 4 heteroatoms. The maximum Gasteiger partial charge on any atom is 0.339 e. The van der Waals surface area contributed by atoms with Crippen LogP contribution in [0.5, 0.6) is 0 Å². The Bertz CT molecular complexity index is 388. The monoisotopic (exact) mass is 222 g/mol. The van der Waals surface area contributed by atoms with E-state index in [4.69, 9.17) is 5.11 Å². The minimum atomic E-state index is -0.943. The summed E-state index contributed by atoms with van der Waals surface area (Å²) in [6.07, 6.45) is 2.53. The molecule has 16 heavy (non-hydrogen) atoms. The molecule has 1 rings (SSSR count). The van der Waals surface area contributed by atoms with Crippen molar-refractivity contribution in [1.29, 1.82) is 0 Å². The van der Waals surface area contributed by atoms with Gasteiger partial charge in [0.25, 0.3) is 0 Å². The molecule has 0 unspecified atom stereocenters. The Labute approximate surface area is 95.9 Å². The van der Waals surface area contributed by atoms with Crippen molar-refractivity contribution in [3.63, 3.8) is 0 Å². The van der Waals surface area contributed by atoms with Crippen LogP contribution in [0.1, 0.15) is 37.6 Å². The summed E-state index contributed by atoms with van der Waals surface area (Å²) < 4.78 is 0. The Kier molecular flexibility index (Phi) is 3.52. The van der Waals surface area contributed by atoms with Crippen molar-refractivity contribution in [3.05, 3.63) is 23.9 Å². The zero-order valence-corrected chi connectivity index (χ0v) is 10.2. The van der Waals surface area contributed by atoms with Crippen LogP contribution in [-0.2, 0) is 0 Å². The van der Waals surface area contributed by atoms with E-state index in [0.717, 1.165) is 6.42 Å². The molecule has 1 heterocycles. The predicted molar refractivity (Wildman–Crippen MR) is 64.0 cm³/mol. The maximum atomic E-state index is 11.1. The van der Waals surface area contributed by atoms with Crippen LogP contribution in [-0.4, -0.2) is 28.6 Å². The Morgan fingerprint density at radius 2 is 2.19 bits per heavy atom. The van der Waals surface area contributed by atoms with Crippen LogP contribution in [0.25, 0.3) is 0 Å². The standard InChI is InChI=1S/C12H18N2O2/c1-5-12(2,3)14(4)10-9(11(15)16)7-6-8-13-10/h6-8H,5H2,1-4H3,(H,15,16). The van der Waals surface area contributed by atoms with E-state index >= 15 is 0 Å². The number of aromatic carboxylic acids is 1. The van der Waals surface area contributed by atoms with Crippen molar-refractivity contribution < 1.29 is 9.90 Å². The Balaban J connectivity index is 3.18. The predicted octanol–water partition coefficient (Wildman–Crippen LogP) is 2.40. The number of rotatable bonds is 4. The highest BCUT2D eigenvalue weighted by atomic mass is 16.4. The summed E-state index contributed by atoms with van der Waals surface area (Å²) in [6, 6.07) is 3.21. The number of pyridine rings is 1. The minimum absolute atomic E-state index is 0.113. The number of aromatic nitrogens is 1. The number of carbonyl (C=O) groups is 1. The van der Waals surface area contributed by atoms with Gasteiger partial charge in [-0.25, -0.2) is 9.78 Å². The molecule has 0 spiro atoms. The molecule has 0 atom stereocenters. The van der Waals surface area contributed by atoms with Gasteiger partial charge in [0.2, 0.25) is 0 Å². The Hall–Kier alpha value is -1.58. The molecule has 4 nitrogen and oxygen atoms in total. The third-order valence-corrected chi connectivity index (χ3v) is 3.11. The van der Waals surface area contributed by atoms with Crippen LogP contribution in [0.15, 0.2) is 18.3 Å². The highest BCUT2D eigenvalue weighted by molar-refractivity contribution is 5.93. The highest BCUT2D eigenvalue weighted by Gasteiger charge is 2.25. The summed E-state index contributed by atoms with van der Waals surface area (Å²) in [7, 11) is 1.87. The molecular weight excluding hydrogens is 204 g/mol. The summed E-state index contributed by atoms with van der Waals surface area (Å²) >= 11 is 0. The molecule has 0 aromatic carbocycles. The average Bonchev–Trinajstić information content (AvgIpc) is 2.28. The topological polar surface area (TPSA) is 53.4 Å². The molecule has 0 radical (unpaired) electrons. The van der Waals surface area contributed by atoms with Crippen molar-refractivity contribution >= 4 is 11.8 Å². The summed E-state index contributed by atoms with van der Waals surface area (Å²) in [6.45, 7) is 6.19. The lowest BCUT2D eigenvalue weighted by Gasteiger charge is -2.36. The van der Waals surface area contributed by atoms with Crippen molar-refractivity contribution in [2.75, 3.05) is 11.9 Å². The average molecular weight is 222 g/mol. The van der Waals surface area contributed by atoms with Gasteiger partial charge in [-0.1, -0.05) is 6.92 Å². The van der Waals surface area contributed by atoms with E-state index in [2.05, 4.69) is 25.8 Å². The van der Waals surface area contributed by atoms with Crippen LogP contribution in [0.4, 0.5) is 5.82 Å². The van der Waals surface area contributed by atoms with Crippen LogP contribution < -0.4 is 4.90 Å². The van der Waals surface area contributed by atoms with Crippen LogP contribution >= 0.6 is 0 Å². The molecule has 0 aliphatic heterocycles. The lowest BCUT2D eigenvalue weighted by atomic mass is 9.99. The minimum Gasteiger partial charge on any atom is -0.478 e. The van der Waals surface area contributed by atoms with Gasteiger partial charge in [-0.3, -0.25) is 0 Å². The molecule has 1 aromatic rings. The first-order valence-electron chi connectivity index (χ1n) is 5.32. The first kappa shape index (κ1) is 12.5. The fourth-order valence-corrected chi connectivity index (χ4v) is 1.36. The number of anilines is 1. The third-order valence-electron chi connectivity index (χ3n) is 3.11. The van der Waals surface area contributed by atoms with Crippen molar-refractivity contribution in [2.24, 2.45) is 0 Å². The molecule has 0 amide bonds. The lowest BCUT2D eigenvalue weighted by molar-refractivity contribution is 0.0697. The second kappa shape index (κ2) is 4.51. The summed E-state index contributed by atoms with van der Waals surface area (Å²) in [4.78, 5) is 17.1. The fraction of sp³-hybridized carbons (Fsp3) is 0.500. The molecule has 0 bridgehead atoms. The maximum absolute atomic E-state index is 11.1. The summed E-state index contributed by atoms with van der Waals surface area (Å²) in [5.74, 6) is -0.427. The Morgan fingerprint density at radius 1 is 1.56 bits per heavy atom. The second-order valence-electron chi connectivity index (χ2n) is 4.40. The van der Waals surface area contributed by atoms with Gasteiger partial charge in [-0.05, 0) is 32.4 Å². The zero-order chi connectivity index (χ0) is 12.3.